The zero-order chi connectivity index (χ0) is 22.0. The summed E-state index contributed by atoms with van der Waals surface area (Å²) in [5.74, 6) is -4.70. The summed E-state index contributed by atoms with van der Waals surface area (Å²) in [6.45, 7) is 0. The molecule has 0 spiro atoms. The summed E-state index contributed by atoms with van der Waals surface area (Å²) in [4.78, 5) is 0. The highest BCUT2D eigenvalue weighted by molar-refractivity contribution is 5.82. The second-order valence-electron chi connectivity index (χ2n) is 8.01. The molecule has 0 aromatic carbocycles. The molecule has 0 aromatic heterocycles. The standard InChI is InChI=1S/C17H26F6N4O2/c18-16(19,20)15(17(21,22)23,11-5-1-9(2-6-11)13(24)26-28)12-7-3-10(4-8-12)14(25)27-29/h9-12,28-29H,1-8H2,(H2,24,26)(H2,25,27). The molecule has 168 valence electrons. The predicted octanol–water partition coefficient (Wildman–Crippen LogP) is 4.20. The Hall–Kier alpha value is -1.88. The summed E-state index contributed by atoms with van der Waals surface area (Å²) in [6, 6.07) is 0. The quantitative estimate of drug-likeness (QED) is 0.175. The van der Waals surface area contributed by atoms with Crippen LogP contribution in [0.15, 0.2) is 10.3 Å². The molecule has 2 rings (SSSR count). The van der Waals surface area contributed by atoms with Gasteiger partial charge in [0, 0.05) is 11.8 Å². The lowest BCUT2D eigenvalue weighted by molar-refractivity contribution is -0.382. The van der Waals surface area contributed by atoms with E-state index in [-0.39, 0.29) is 63.0 Å². The molecule has 0 radical (unpaired) electrons. The van der Waals surface area contributed by atoms with Gasteiger partial charge in [0.05, 0.1) is 0 Å². The average Bonchev–Trinajstić information content (AvgIpc) is 2.66. The molecule has 2 aliphatic carbocycles. The van der Waals surface area contributed by atoms with E-state index >= 15 is 0 Å². The Labute approximate surface area is 164 Å². The Morgan fingerprint density at radius 2 is 0.897 bits per heavy atom. The second kappa shape index (κ2) is 8.47. The fourth-order valence-electron chi connectivity index (χ4n) is 5.27. The maximum atomic E-state index is 14.2. The number of nitrogens with zero attached hydrogens (tertiary/aromatic N) is 2. The Morgan fingerprint density at radius 1 is 0.621 bits per heavy atom. The van der Waals surface area contributed by atoms with Crippen LogP contribution < -0.4 is 11.5 Å². The molecule has 6 N–H and O–H groups in total. The van der Waals surface area contributed by atoms with E-state index in [1.54, 1.807) is 0 Å². The van der Waals surface area contributed by atoms with Gasteiger partial charge in [0.1, 0.15) is 11.7 Å². The molecule has 0 bridgehead atoms. The van der Waals surface area contributed by atoms with Gasteiger partial charge in [-0.05, 0) is 63.2 Å². The van der Waals surface area contributed by atoms with Gasteiger partial charge in [-0.2, -0.15) is 26.3 Å². The lowest BCUT2D eigenvalue weighted by atomic mass is 9.56. The van der Waals surface area contributed by atoms with Crippen molar-refractivity contribution in [2.75, 3.05) is 0 Å². The highest BCUT2D eigenvalue weighted by Crippen LogP contribution is 2.65. The molecule has 12 heteroatoms. The van der Waals surface area contributed by atoms with Gasteiger partial charge in [0.15, 0.2) is 5.41 Å². The molecule has 0 amide bonds. The Morgan fingerprint density at radius 3 is 1.10 bits per heavy atom. The van der Waals surface area contributed by atoms with Crippen molar-refractivity contribution in [2.24, 2.45) is 50.9 Å². The summed E-state index contributed by atoms with van der Waals surface area (Å²) in [5.41, 5.74) is 7.14. The highest BCUT2D eigenvalue weighted by Gasteiger charge is 2.76. The van der Waals surface area contributed by atoms with Gasteiger partial charge in [-0.25, -0.2) is 0 Å². The minimum Gasteiger partial charge on any atom is -0.409 e. The zero-order valence-corrected chi connectivity index (χ0v) is 15.7. The molecule has 2 saturated carbocycles. The van der Waals surface area contributed by atoms with E-state index in [9.17, 15) is 26.3 Å². The van der Waals surface area contributed by atoms with Crippen molar-refractivity contribution in [1.29, 1.82) is 0 Å². The Bertz CT molecular complexity index is 564. The molecular formula is C17H26F6N4O2. The van der Waals surface area contributed by atoms with Gasteiger partial charge in [-0.3, -0.25) is 0 Å². The molecular weight excluding hydrogens is 406 g/mol. The van der Waals surface area contributed by atoms with E-state index < -0.39 is 41.4 Å². The van der Waals surface area contributed by atoms with Gasteiger partial charge in [-0.15, -0.1) is 0 Å². The lowest BCUT2D eigenvalue weighted by Crippen LogP contribution is -2.60. The first-order valence-corrected chi connectivity index (χ1v) is 9.48. The second-order valence-corrected chi connectivity index (χ2v) is 8.01. The van der Waals surface area contributed by atoms with E-state index in [1.807, 2.05) is 0 Å². The largest absolute Gasteiger partial charge is 0.409 e. The smallest absolute Gasteiger partial charge is 0.403 e. The summed E-state index contributed by atoms with van der Waals surface area (Å²) in [7, 11) is 0. The van der Waals surface area contributed by atoms with Gasteiger partial charge in [0.25, 0.3) is 0 Å². The molecule has 29 heavy (non-hydrogen) atoms. The third-order valence-electron chi connectivity index (χ3n) is 6.75. The summed E-state index contributed by atoms with van der Waals surface area (Å²) in [5, 5.41) is 23.1. The van der Waals surface area contributed by atoms with E-state index in [1.165, 1.54) is 0 Å². The number of oxime groups is 2. The summed E-state index contributed by atoms with van der Waals surface area (Å²) >= 11 is 0. The van der Waals surface area contributed by atoms with Crippen molar-refractivity contribution >= 4 is 11.7 Å². The molecule has 0 saturated heterocycles. The third-order valence-corrected chi connectivity index (χ3v) is 6.75. The summed E-state index contributed by atoms with van der Waals surface area (Å²) < 4.78 is 85.1. The first-order chi connectivity index (χ1) is 13.4. The van der Waals surface area contributed by atoms with Crippen LogP contribution in [-0.4, -0.2) is 34.4 Å². The zero-order valence-electron chi connectivity index (χ0n) is 15.7. The van der Waals surface area contributed by atoms with E-state index in [4.69, 9.17) is 21.9 Å². The van der Waals surface area contributed by atoms with E-state index in [2.05, 4.69) is 10.3 Å². The van der Waals surface area contributed by atoms with Gasteiger partial charge < -0.3 is 21.9 Å². The van der Waals surface area contributed by atoms with Crippen molar-refractivity contribution in [3.8, 4) is 0 Å². The lowest BCUT2D eigenvalue weighted by Gasteiger charge is -2.51. The van der Waals surface area contributed by atoms with Crippen molar-refractivity contribution in [2.45, 2.75) is 63.7 Å². The number of halogens is 6. The van der Waals surface area contributed by atoms with Crippen LogP contribution in [0, 0.1) is 29.1 Å². The van der Waals surface area contributed by atoms with Crippen LogP contribution in [0.4, 0.5) is 26.3 Å². The van der Waals surface area contributed by atoms with Crippen LogP contribution in [0.3, 0.4) is 0 Å². The maximum absolute atomic E-state index is 14.2. The SMILES string of the molecule is N/C(=N\O)C1CCC(C(C2CCC(/C(N)=N/O)CC2)(C(F)(F)F)C(F)(F)F)CC1. The van der Waals surface area contributed by atoms with Crippen LogP contribution in [0.5, 0.6) is 0 Å². The fraction of sp³-hybridized carbons (Fsp3) is 0.882. The van der Waals surface area contributed by atoms with Gasteiger partial charge >= 0.3 is 12.4 Å². The number of amidine groups is 2. The van der Waals surface area contributed by atoms with Crippen molar-refractivity contribution in [3.63, 3.8) is 0 Å². The van der Waals surface area contributed by atoms with E-state index in [0.29, 0.717) is 0 Å². The first kappa shape index (κ1) is 23.4. The molecule has 0 aromatic rings. The molecule has 2 aliphatic rings. The van der Waals surface area contributed by atoms with Gasteiger partial charge in [-0.1, -0.05) is 10.3 Å². The predicted molar refractivity (Wildman–Crippen MR) is 92.3 cm³/mol. The number of alkyl halides is 6. The van der Waals surface area contributed by atoms with E-state index in [0.717, 1.165) is 0 Å². The number of hydrogen-bond donors (Lipinski definition) is 4. The molecule has 0 heterocycles. The Kier molecular flexibility index (Phi) is 6.83. The van der Waals surface area contributed by atoms with Crippen LogP contribution in [0.1, 0.15) is 51.4 Å². The molecule has 2 fully saturated rings. The van der Waals surface area contributed by atoms with Crippen LogP contribution in [-0.2, 0) is 0 Å². The molecule has 6 nitrogen and oxygen atoms in total. The molecule has 0 aliphatic heterocycles. The van der Waals surface area contributed by atoms with Crippen molar-refractivity contribution in [1.82, 2.24) is 0 Å². The molecule has 0 unspecified atom stereocenters. The van der Waals surface area contributed by atoms with Crippen LogP contribution >= 0.6 is 0 Å². The number of rotatable bonds is 4. The molecule has 0 atom stereocenters. The van der Waals surface area contributed by atoms with Crippen LogP contribution in [0.2, 0.25) is 0 Å². The minimum absolute atomic E-state index is 0.00602. The highest BCUT2D eigenvalue weighted by atomic mass is 19.4. The maximum Gasteiger partial charge on any atom is 0.403 e. The minimum atomic E-state index is -5.48. The van der Waals surface area contributed by atoms with Crippen LogP contribution in [0.25, 0.3) is 0 Å². The fourth-order valence-corrected chi connectivity index (χ4v) is 5.27. The normalized spacial score (nSPS) is 31.0. The van der Waals surface area contributed by atoms with Gasteiger partial charge in [0.2, 0.25) is 0 Å². The monoisotopic (exact) mass is 432 g/mol. The third kappa shape index (κ3) is 4.20. The van der Waals surface area contributed by atoms with Crippen molar-refractivity contribution < 1.29 is 36.8 Å². The number of nitrogens with two attached hydrogens (primary N) is 2. The summed E-state index contributed by atoms with van der Waals surface area (Å²) in [6.07, 6.45) is -12.3. The van der Waals surface area contributed by atoms with Crippen molar-refractivity contribution in [3.05, 3.63) is 0 Å². The Balaban J connectivity index is 2.36. The first-order valence-electron chi connectivity index (χ1n) is 9.48. The number of hydrogen-bond acceptors (Lipinski definition) is 4. The topological polar surface area (TPSA) is 117 Å². The average molecular weight is 432 g/mol.